The monoisotopic (exact) mass is 286 g/mol. The summed E-state index contributed by atoms with van der Waals surface area (Å²) in [5, 5.41) is 2.84. The normalized spacial score (nSPS) is 26.0. The van der Waals surface area contributed by atoms with E-state index in [-0.39, 0.29) is 23.9 Å². The molecule has 21 heavy (non-hydrogen) atoms. The molecule has 0 spiro atoms. The number of amides is 2. The van der Waals surface area contributed by atoms with Crippen molar-refractivity contribution in [2.75, 3.05) is 6.54 Å². The first kappa shape index (κ1) is 14.1. The second-order valence-corrected chi connectivity index (χ2v) is 5.92. The number of benzene rings is 1. The first-order valence-corrected chi connectivity index (χ1v) is 7.88. The number of hydrogen-bond acceptors (Lipinski definition) is 2. The van der Waals surface area contributed by atoms with E-state index in [1.807, 2.05) is 17.9 Å². The Morgan fingerprint density at radius 3 is 2.86 bits per heavy atom. The summed E-state index contributed by atoms with van der Waals surface area (Å²) in [5.74, 6) is 0.0619. The fourth-order valence-electron chi connectivity index (χ4n) is 3.50. The molecule has 1 heterocycles. The smallest absolute Gasteiger partial charge is 0.245 e. The maximum absolute atomic E-state index is 12.7. The van der Waals surface area contributed by atoms with Gasteiger partial charge in [0.05, 0.1) is 6.04 Å². The molecule has 112 valence electrons. The van der Waals surface area contributed by atoms with Crippen molar-refractivity contribution in [2.24, 2.45) is 0 Å². The average molecular weight is 286 g/mol. The van der Waals surface area contributed by atoms with Gasteiger partial charge in [0.15, 0.2) is 0 Å². The van der Waals surface area contributed by atoms with Crippen molar-refractivity contribution >= 4 is 11.8 Å². The van der Waals surface area contributed by atoms with E-state index in [1.54, 1.807) is 0 Å². The van der Waals surface area contributed by atoms with Crippen LogP contribution in [-0.2, 0) is 16.0 Å². The Kier molecular flexibility index (Phi) is 3.95. The lowest BCUT2D eigenvalue weighted by Gasteiger charge is -2.36. The van der Waals surface area contributed by atoms with Crippen molar-refractivity contribution in [1.82, 2.24) is 10.2 Å². The van der Waals surface area contributed by atoms with Gasteiger partial charge in [0, 0.05) is 13.0 Å². The largest absolute Gasteiger partial charge is 0.344 e. The maximum Gasteiger partial charge on any atom is 0.245 e. The average Bonchev–Trinajstić information content (AvgIpc) is 2.66. The highest BCUT2D eigenvalue weighted by Gasteiger charge is 2.35. The molecule has 1 aromatic carbocycles. The van der Waals surface area contributed by atoms with Crippen LogP contribution in [0.4, 0.5) is 0 Å². The lowest BCUT2D eigenvalue weighted by molar-refractivity contribution is -0.136. The van der Waals surface area contributed by atoms with Crippen molar-refractivity contribution in [3.63, 3.8) is 0 Å². The van der Waals surface area contributed by atoms with Crippen LogP contribution in [0.25, 0.3) is 0 Å². The third-order valence-corrected chi connectivity index (χ3v) is 4.62. The fourth-order valence-corrected chi connectivity index (χ4v) is 3.50. The predicted octanol–water partition coefficient (Wildman–Crippen LogP) is 2.19. The highest BCUT2D eigenvalue weighted by molar-refractivity contribution is 5.90. The SMILES string of the molecule is CCC1NC(=O)CCN(C2CCCc3ccccc32)C1=O. The van der Waals surface area contributed by atoms with Gasteiger partial charge < -0.3 is 10.2 Å². The molecule has 0 bridgehead atoms. The molecule has 0 radical (unpaired) electrons. The molecule has 1 aromatic rings. The van der Waals surface area contributed by atoms with Gasteiger partial charge >= 0.3 is 0 Å². The molecule has 1 fully saturated rings. The molecule has 2 amide bonds. The van der Waals surface area contributed by atoms with Crippen LogP contribution in [0.2, 0.25) is 0 Å². The topological polar surface area (TPSA) is 49.4 Å². The van der Waals surface area contributed by atoms with Gasteiger partial charge in [-0.15, -0.1) is 0 Å². The molecule has 3 rings (SSSR count). The lowest BCUT2D eigenvalue weighted by atomic mass is 9.86. The van der Waals surface area contributed by atoms with Gasteiger partial charge in [0.1, 0.15) is 6.04 Å². The zero-order valence-corrected chi connectivity index (χ0v) is 12.5. The van der Waals surface area contributed by atoms with Gasteiger partial charge in [-0.25, -0.2) is 0 Å². The van der Waals surface area contributed by atoms with Gasteiger partial charge in [-0.3, -0.25) is 9.59 Å². The van der Waals surface area contributed by atoms with E-state index < -0.39 is 0 Å². The molecule has 1 aliphatic carbocycles. The molecule has 2 aliphatic rings. The standard InChI is InChI=1S/C17H22N2O2/c1-2-14-17(21)19(11-10-16(20)18-14)15-9-5-7-12-6-3-4-8-13(12)15/h3-4,6,8,14-15H,2,5,7,9-11H2,1H3,(H,18,20). The Morgan fingerprint density at radius 2 is 2.05 bits per heavy atom. The molecule has 4 heteroatoms. The van der Waals surface area contributed by atoms with Gasteiger partial charge in [-0.05, 0) is 36.8 Å². The molecular formula is C17H22N2O2. The summed E-state index contributed by atoms with van der Waals surface area (Å²) in [4.78, 5) is 26.5. The Balaban J connectivity index is 1.92. The Morgan fingerprint density at radius 1 is 1.24 bits per heavy atom. The molecule has 2 unspecified atom stereocenters. The number of hydrogen-bond donors (Lipinski definition) is 1. The molecule has 2 atom stereocenters. The number of carbonyl (C=O) groups is 2. The summed E-state index contributed by atoms with van der Waals surface area (Å²) in [7, 11) is 0. The number of rotatable bonds is 2. The van der Waals surface area contributed by atoms with E-state index in [0.29, 0.717) is 19.4 Å². The maximum atomic E-state index is 12.7. The van der Waals surface area contributed by atoms with E-state index in [1.165, 1.54) is 11.1 Å². The van der Waals surface area contributed by atoms with Crippen molar-refractivity contribution in [3.8, 4) is 0 Å². The molecule has 1 aliphatic heterocycles. The third kappa shape index (κ3) is 2.67. The van der Waals surface area contributed by atoms with Crippen LogP contribution in [0.1, 0.15) is 49.8 Å². The second kappa shape index (κ2) is 5.88. The Hall–Kier alpha value is -1.84. The fraction of sp³-hybridized carbons (Fsp3) is 0.529. The van der Waals surface area contributed by atoms with Crippen LogP contribution in [0, 0.1) is 0 Å². The highest BCUT2D eigenvalue weighted by atomic mass is 16.2. The molecule has 1 N–H and O–H groups in total. The van der Waals surface area contributed by atoms with Gasteiger partial charge in [0.25, 0.3) is 0 Å². The van der Waals surface area contributed by atoms with Crippen molar-refractivity contribution in [3.05, 3.63) is 35.4 Å². The number of nitrogens with zero attached hydrogens (tertiary/aromatic N) is 1. The summed E-state index contributed by atoms with van der Waals surface area (Å²) in [6.45, 7) is 2.47. The molecule has 0 aromatic heterocycles. The van der Waals surface area contributed by atoms with Crippen LogP contribution in [0.15, 0.2) is 24.3 Å². The lowest BCUT2D eigenvalue weighted by Crippen LogP contribution is -2.46. The Labute approximate surface area is 125 Å². The second-order valence-electron chi connectivity index (χ2n) is 5.92. The minimum Gasteiger partial charge on any atom is -0.344 e. The number of nitrogens with one attached hydrogen (secondary N) is 1. The minimum atomic E-state index is -0.367. The van der Waals surface area contributed by atoms with Crippen LogP contribution < -0.4 is 5.32 Å². The number of carbonyl (C=O) groups excluding carboxylic acids is 2. The van der Waals surface area contributed by atoms with E-state index in [9.17, 15) is 9.59 Å². The predicted molar refractivity (Wildman–Crippen MR) is 80.7 cm³/mol. The zero-order chi connectivity index (χ0) is 14.8. The first-order valence-electron chi connectivity index (χ1n) is 7.88. The molecule has 0 saturated carbocycles. The third-order valence-electron chi connectivity index (χ3n) is 4.62. The number of fused-ring (bicyclic) bond motifs is 1. The van der Waals surface area contributed by atoms with Gasteiger partial charge in [-0.2, -0.15) is 0 Å². The Bertz CT molecular complexity index is 555. The minimum absolute atomic E-state index is 0.0122. The van der Waals surface area contributed by atoms with E-state index in [0.717, 1.165) is 19.3 Å². The van der Waals surface area contributed by atoms with E-state index in [2.05, 4.69) is 23.5 Å². The van der Waals surface area contributed by atoms with Crippen molar-refractivity contribution < 1.29 is 9.59 Å². The van der Waals surface area contributed by atoms with E-state index >= 15 is 0 Å². The molecule has 4 nitrogen and oxygen atoms in total. The summed E-state index contributed by atoms with van der Waals surface area (Å²) in [5.41, 5.74) is 2.61. The molecular weight excluding hydrogens is 264 g/mol. The van der Waals surface area contributed by atoms with Crippen molar-refractivity contribution in [2.45, 2.75) is 51.1 Å². The first-order chi connectivity index (χ1) is 10.2. The van der Waals surface area contributed by atoms with E-state index in [4.69, 9.17) is 0 Å². The summed E-state index contributed by atoms with van der Waals surface area (Å²) in [6, 6.07) is 8.15. The number of aryl methyl sites for hydroxylation is 1. The van der Waals surface area contributed by atoms with Crippen LogP contribution in [-0.4, -0.2) is 29.3 Å². The van der Waals surface area contributed by atoms with Crippen molar-refractivity contribution in [1.29, 1.82) is 0 Å². The van der Waals surface area contributed by atoms with Gasteiger partial charge in [0.2, 0.25) is 11.8 Å². The highest BCUT2D eigenvalue weighted by Crippen LogP contribution is 2.35. The molecule has 1 saturated heterocycles. The van der Waals surface area contributed by atoms with Gasteiger partial charge in [-0.1, -0.05) is 31.2 Å². The van der Waals surface area contributed by atoms with Crippen LogP contribution >= 0.6 is 0 Å². The van der Waals surface area contributed by atoms with Crippen LogP contribution in [0.3, 0.4) is 0 Å². The van der Waals surface area contributed by atoms with Crippen LogP contribution in [0.5, 0.6) is 0 Å². The quantitative estimate of drug-likeness (QED) is 0.906. The summed E-state index contributed by atoms with van der Waals surface area (Å²) >= 11 is 0. The summed E-state index contributed by atoms with van der Waals surface area (Å²) < 4.78 is 0. The summed E-state index contributed by atoms with van der Waals surface area (Å²) in [6.07, 6.45) is 4.23. The zero-order valence-electron chi connectivity index (χ0n) is 12.5.